The van der Waals surface area contributed by atoms with E-state index >= 15 is 0 Å². The standard InChI is InChI=1S/C22H24FN3O5/c1-4-17(30-16-10-8-15(23)9-11-16)22(27)24-21-20(25-31-26-21)14-7-12-18(28-5-2)19(13-14)29-6-3/h7-13,17H,4-6H2,1-3H3,(H,24,26,27)/t17-/m0/s1. The molecule has 3 aromatic rings. The summed E-state index contributed by atoms with van der Waals surface area (Å²) in [5.41, 5.74) is 0.977. The number of rotatable bonds is 10. The van der Waals surface area contributed by atoms with Crippen molar-refractivity contribution in [3.63, 3.8) is 0 Å². The molecule has 31 heavy (non-hydrogen) atoms. The number of ether oxygens (including phenoxy) is 3. The average molecular weight is 429 g/mol. The first-order valence-corrected chi connectivity index (χ1v) is 10.0. The highest BCUT2D eigenvalue weighted by atomic mass is 19.1. The number of aromatic nitrogens is 2. The first kappa shape index (κ1) is 22.1. The van der Waals surface area contributed by atoms with Crippen molar-refractivity contribution in [3.8, 4) is 28.5 Å². The van der Waals surface area contributed by atoms with Crippen LogP contribution in [0.5, 0.6) is 17.2 Å². The summed E-state index contributed by atoms with van der Waals surface area (Å²) < 4.78 is 34.8. The molecule has 0 radical (unpaired) electrons. The van der Waals surface area contributed by atoms with E-state index in [0.717, 1.165) is 0 Å². The van der Waals surface area contributed by atoms with Crippen LogP contribution in [-0.4, -0.2) is 35.5 Å². The second-order valence-electron chi connectivity index (χ2n) is 6.45. The Labute approximate surface area is 179 Å². The van der Waals surface area contributed by atoms with Crippen LogP contribution in [0.1, 0.15) is 27.2 Å². The molecular formula is C22H24FN3O5. The fourth-order valence-electron chi connectivity index (χ4n) is 2.86. The molecule has 1 N–H and O–H groups in total. The maximum absolute atomic E-state index is 13.1. The minimum absolute atomic E-state index is 0.151. The monoisotopic (exact) mass is 429 g/mol. The molecule has 0 unspecified atom stereocenters. The van der Waals surface area contributed by atoms with Gasteiger partial charge in [0, 0.05) is 5.56 Å². The molecule has 1 aromatic heterocycles. The molecule has 1 atom stereocenters. The maximum Gasteiger partial charge on any atom is 0.266 e. The molecule has 164 valence electrons. The number of carbonyl (C=O) groups excluding carboxylic acids is 1. The lowest BCUT2D eigenvalue weighted by molar-refractivity contribution is -0.122. The van der Waals surface area contributed by atoms with Crippen molar-refractivity contribution in [2.75, 3.05) is 18.5 Å². The van der Waals surface area contributed by atoms with E-state index in [-0.39, 0.29) is 11.6 Å². The van der Waals surface area contributed by atoms with E-state index in [2.05, 4.69) is 15.6 Å². The van der Waals surface area contributed by atoms with Crippen molar-refractivity contribution in [1.29, 1.82) is 0 Å². The number of hydrogen-bond donors (Lipinski definition) is 1. The van der Waals surface area contributed by atoms with Crippen LogP contribution in [-0.2, 0) is 4.79 Å². The van der Waals surface area contributed by atoms with Gasteiger partial charge in [-0.1, -0.05) is 6.92 Å². The Kier molecular flexibility index (Phi) is 7.42. The molecule has 0 fully saturated rings. The first-order valence-electron chi connectivity index (χ1n) is 10.0. The molecule has 8 nitrogen and oxygen atoms in total. The fraction of sp³-hybridized carbons (Fsp3) is 0.318. The van der Waals surface area contributed by atoms with Crippen LogP contribution in [0.4, 0.5) is 10.2 Å². The van der Waals surface area contributed by atoms with Crippen molar-refractivity contribution >= 4 is 11.7 Å². The van der Waals surface area contributed by atoms with Crippen molar-refractivity contribution < 1.29 is 28.0 Å². The van der Waals surface area contributed by atoms with Crippen molar-refractivity contribution in [1.82, 2.24) is 10.3 Å². The third-order valence-corrected chi connectivity index (χ3v) is 4.30. The summed E-state index contributed by atoms with van der Waals surface area (Å²) in [4.78, 5) is 12.7. The summed E-state index contributed by atoms with van der Waals surface area (Å²) in [5, 5.41) is 10.4. The highest BCUT2D eigenvalue weighted by Crippen LogP contribution is 2.34. The van der Waals surface area contributed by atoms with E-state index in [1.807, 2.05) is 13.8 Å². The van der Waals surface area contributed by atoms with Crippen molar-refractivity contribution in [3.05, 3.63) is 48.3 Å². The van der Waals surface area contributed by atoms with Gasteiger partial charge in [-0.25, -0.2) is 9.02 Å². The Morgan fingerprint density at radius 1 is 1.03 bits per heavy atom. The lowest BCUT2D eigenvalue weighted by atomic mass is 10.1. The smallest absolute Gasteiger partial charge is 0.266 e. The minimum Gasteiger partial charge on any atom is -0.490 e. The quantitative estimate of drug-likeness (QED) is 0.508. The highest BCUT2D eigenvalue weighted by Gasteiger charge is 2.23. The van der Waals surface area contributed by atoms with Gasteiger partial charge < -0.3 is 19.5 Å². The molecule has 0 aliphatic heterocycles. The lowest BCUT2D eigenvalue weighted by Crippen LogP contribution is -2.32. The minimum atomic E-state index is -0.811. The van der Waals surface area contributed by atoms with Gasteiger partial charge in [0.05, 0.1) is 13.2 Å². The predicted octanol–water partition coefficient (Wildman–Crippen LogP) is 4.47. The van der Waals surface area contributed by atoms with Crippen molar-refractivity contribution in [2.24, 2.45) is 0 Å². The van der Waals surface area contributed by atoms with Gasteiger partial charge in [-0.3, -0.25) is 4.79 Å². The highest BCUT2D eigenvalue weighted by molar-refractivity contribution is 5.96. The van der Waals surface area contributed by atoms with Crippen LogP contribution in [0.15, 0.2) is 47.1 Å². The summed E-state index contributed by atoms with van der Waals surface area (Å²) in [6.45, 7) is 6.52. The number of anilines is 1. The number of nitrogens with zero attached hydrogens (tertiary/aromatic N) is 2. The molecule has 1 amide bonds. The van der Waals surface area contributed by atoms with Crippen LogP contribution >= 0.6 is 0 Å². The molecule has 0 bridgehead atoms. The zero-order chi connectivity index (χ0) is 22.2. The summed E-state index contributed by atoms with van der Waals surface area (Å²) >= 11 is 0. The molecule has 0 aliphatic carbocycles. The zero-order valence-electron chi connectivity index (χ0n) is 17.6. The zero-order valence-corrected chi connectivity index (χ0v) is 17.6. The second-order valence-corrected chi connectivity index (χ2v) is 6.45. The van der Waals surface area contributed by atoms with Crippen LogP contribution in [0.3, 0.4) is 0 Å². The Morgan fingerprint density at radius 3 is 2.42 bits per heavy atom. The lowest BCUT2D eigenvalue weighted by Gasteiger charge is -2.16. The molecule has 0 saturated heterocycles. The molecule has 0 aliphatic rings. The maximum atomic E-state index is 13.1. The van der Waals surface area contributed by atoms with Gasteiger partial charge >= 0.3 is 0 Å². The van der Waals surface area contributed by atoms with E-state index in [1.165, 1.54) is 24.3 Å². The summed E-state index contributed by atoms with van der Waals surface area (Å²) in [5.74, 6) is 0.874. The van der Waals surface area contributed by atoms with Crippen LogP contribution in [0.2, 0.25) is 0 Å². The Hall–Kier alpha value is -3.62. The molecule has 1 heterocycles. The molecule has 3 rings (SSSR count). The van der Waals surface area contributed by atoms with Gasteiger partial charge in [0.25, 0.3) is 5.91 Å². The Morgan fingerprint density at radius 2 is 1.74 bits per heavy atom. The number of carbonyl (C=O) groups is 1. The molecule has 0 spiro atoms. The summed E-state index contributed by atoms with van der Waals surface area (Å²) in [6.07, 6.45) is -0.421. The molecule has 9 heteroatoms. The van der Waals surface area contributed by atoms with Gasteiger partial charge in [-0.15, -0.1) is 0 Å². The van der Waals surface area contributed by atoms with E-state index in [4.69, 9.17) is 18.8 Å². The summed E-state index contributed by atoms with van der Waals surface area (Å²) in [6, 6.07) is 10.7. The van der Waals surface area contributed by atoms with Gasteiger partial charge in [0.2, 0.25) is 5.82 Å². The number of halogens is 1. The predicted molar refractivity (Wildman–Crippen MR) is 112 cm³/mol. The fourth-order valence-corrected chi connectivity index (χ4v) is 2.86. The molecular weight excluding hydrogens is 405 g/mol. The Bertz CT molecular complexity index is 1010. The van der Waals surface area contributed by atoms with E-state index in [0.29, 0.717) is 48.1 Å². The third-order valence-electron chi connectivity index (χ3n) is 4.30. The first-order chi connectivity index (χ1) is 15.0. The van der Waals surface area contributed by atoms with Gasteiger partial charge in [0.15, 0.2) is 23.3 Å². The summed E-state index contributed by atoms with van der Waals surface area (Å²) in [7, 11) is 0. The normalized spacial score (nSPS) is 11.6. The van der Waals surface area contributed by atoms with Crippen LogP contribution in [0.25, 0.3) is 11.3 Å². The molecule has 2 aromatic carbocycles. The largest absolute Gasteiger partial charge is 0.490 e. The topological polar surface area (TPSA) is 95.7 Å². The van der Waals surface area contributed by atoms with Crippen molar-refractivity contribution in [2.45, 2.75) is 33.3 Å². The number of nitrogens with one attached hydrogen (secondary N) is 1. The van der Waals surface area contributed by atoms with Gasteiger partial charge in [-0.2, -0.15) is 0 Å². The number of amides is 1. The Balaban J connectivity index is 1.78. The van der Waals surface area contributed by atoms with E-state index in [1.54, 1.807) is 25.1 Å². The SMILES string of the molecule is CCOc1ccc(-c2nonc2NC(=O)[C@H](CC)Oc2ccc(F)cc2)cc1OCC. The van der Waals surface area contributed by atoms with Gasteiger partial charge in [-0.05, 0) is 73.0 Å². The van der Waals surface area contributed by atoms with Crippen LogP contribution < -0.4 is 19.5 Å². The van der Waals surface area contributed by atoms with Crippen LogP contribution in [0, 0.1) is 5.82 Å². The molecule has 0 saturated carbocycles. The number of hydrogen-bond acceptors (Lipinski definition) is 7. The second kappa shape index (κ2) is 10.4. The van der Waals surface area contributed by atoms with E-state index < -0.39 is 12.0 Å². The average Bonchev–Trinajstić information content (AvgIpc) is 3.23. The third kappa shape index (κ3) is 5.50. The number of benzene rings is 2. The van der Waals surface area contributed by atoms with E-state index in [9.17, 15) is 9.18 Å². The van der Waals surface area contributed by atoms with Gasteiger partial charge in [0.1, 0.15) is 11.6 Å².